The van der Waals surface area contributed by atoms with E-state index in [1.54, 1.807) is 4.90 Å². The second-order valence-corrected chi connectivity index (χ2v) is 12.9. The molecule has 0 aromatic carbocycles. The number of nitrogens with one attached hydrogen (secondary N) is 3. The number of halogens is 2. The number of H-pyrrole nitrogens is 1. The number of carboxylic acids is 1. The minimum atomic E-state index is -3.30. The zero-order valence-corrected chi connectivity index (χ0v) is 24.8. The lowest BCUT2D eigenvalue weighted by molar-refractivity contribution is 0.0540. The van der Waals surface area contributed by atoms with Crippen molar-refractivity contribution in [3.05, 3.63) is 32.5 Å². The van der Waals surface area contributed by atoms with Crippen molar-refractivity contribution in [3.63, 3.8) is 0 Å². The number of alkyl halides is 1. The van der Waals surface area contributed by atoms with Gasteiger partial charge in [-0.1, -0.05) is 45.5 Å². The number of aryl methyl sites for hydroxylation is 1. The maximum Gasteiger partial charge on any atom is 0.348 e. The Balaban J connectivity index is 1.72. The number of carboxylic acid groups (broad SMARTS) is 1. The molecular formula is C21H27ClIN5O7S2. The maximum atomic E-state index is 12.9. The molecule has 0 bridgehead atoms. The first-order valence-electron chi connectivity index (χ1n) is 11.1. The number of ether oxygens (including phenoxy) is 1. The van der Waals surface area contributed by atoms with Gasteiger partial charge in [0.25, 0.3) is 11.8 Å². The summed E-state index contributed by atoms with van der Waals surface area (Å²) in [7, 11) is -1.78. The molecule has 2 aromatic rings. The highest BCUT2D eigenvalue weighted by Crippen LogP contribution is 2.30. The molecule has 1 unspecified atom stereocenters. The molecule has 0 saturated carbocycles. The van der Waals surface area contributed by atoms with E-state index >= 15 is 0 Å². The lowest BCUT2D eigenvalue weighted by Crippen LogP contribution is -2.55. The smallest absolute Gasteiger partial charge is 0.348 e. The Bertz CT molecular complexity index is 1300. The molecule has 3 rings (SSSR count). The predicted octanol–water partition coefficient (Wildman–Crippen LogP) is 1.86. The van der Waals surface area contributed by atoms with E-state index in [4.69, 9.17) is 16.3 Å². The normalized spacial score (nSPS) is 18.0. The molecule has 37 heavy (non-hydrogen) atoms. The lowest BCUT2D eigenvalue weighted by atomic mass is 10.0. The van der Waals surface area contributed by atoms with Gasteiger partial charge in [-0.2, -0.15) is 0 Å². The van der Waals surface area contributed by atoms with Gasteiger partial charge in [0.05, 0.1) is 22.9 Å². The van der Waals surface area contributed by atoms with Gasteiger partial charge in [-0.15, -0.1) is 0 Å². The van der Waals surface area contributed by atoms with Crippen LogP contribution in [0.25, 0.3) is 0 Å². The number of carbonyl (C=O) groups is 3. The predicted molar refractivity (Wildman–Crippen MR) is 148 cm³/mol. The maximum absolute atomic E-state index is 12.9. The number of methoxy groups -OCH3 is 1. The minimum absolute atomic E-state index is 0.163. The van der Waals surface area contributed by atoms with Crippen LogP contribution in [0.1, 0.15) is 48.3 Å². The third kappa shape index (κ3) is 7.13. The summed E-state index contributed by atoms with van der Waals surface area (Å²) >= 11 is 9.41. The largest absolute Gasteiger partial charge is 0.477 e. The van der Waals surface area contributed by atoms with Crippen molar-refractivity contribution in [1.82, 2.24) is 20.6 Å². The molecule has 4 N–H and O–H groups in total. The zero-order chi connectivity index (χ0) is 27.5. The van der Waals surface area contributed by atoms with Crippen molar-refractivity contribution in [1.29, 1.82) is 0 Å². The summed E-state index contributed by atoms with van der Waals surface area (Å²) in [4.78, 5) is 46.0. The highest BCUT2D eigenvalue weighted by molar-refractivity contribution is 14.1. The fraction of sp³-hybridized carbons (Fsp3) is 0.524. The summed E-state index contributed by atoms with van der Waals surface area (Å²) in [5.74, 6) is -2.70. The molecule has 2 aromatic heterocycles. The fourth-order valence-electron chi connectivity index (χ4n) is 3.86. The van der Waals surface area contributed by atoms with Crippen molar-refractivity contribution in [3.8, 4) is 0 Å². The number of piperidine rings is 1. The summed E-state index contributed by atoms with van der Waals surface area (Å²) < 4.78 is 28.9. The Hall–Kier alpha value is -1.95. The van der Waals surface area contributed by atoms with E-state index < -0.39 is 27.8 Å². The number of amides is 2. The van der Waals surface area contributed by atoms with Gasteiger partial charge in [-0.05, 0) is 13.3 Å². The second-order valence-electron chi connectivity index (χ2n) is 8.51. The molecule has 1 aliphatic heterocycles. The van der Waals surface area contributed by atoms with E-state index in [0.29, 0.717) is 39.8 Å². The summed E-state index contributed by atoms with van der Waals surface area (Å²) in [6.45, 7) is 2.40. The van der Waals surface area contributed by atoms with Crippen LogP contribution < -0.4 is 15.5 Å². The summed E-state index contributed by atoms with van der Waals surface area (Å²) in [6, 6.07) is -0.339. The molecule has 2 amide bonds. The summed E-state index contributed by atoms with van der Waals surface area (Å²) in [5, 5.41) is 15.7. The van der Waals surface area contributed by atoms with Crippen LogP contribution in [-0.2, 0) is 19.0 Å². The third-order valence-corrected chi connectivity index (χ3v) is 9.07. The van der Waals surface area contributed by atoms with E-state index in [-0.39, 0.29) is 34.8 Å². The van der Waals surface area contributed by atoms with Gasteiger partial charge in [-0.3, -0.25) is 9.59 Å². The van der Waals surface area contributed by atoms with Crippen LogP contribution in [0.3, 0.4) is 0 Å². The highest BCUT2D eigenvalue weighted by Gasteiger charge is 2.34. The Kier molecular flexibility index (Phi) is 9.82. The van der Waals surface area contributed by atoms with Crippen molar-refractivity contribution in [2.75, 3.05) is 43.7 Å². The van der Waals surface area contributed by atoms with Gasteiger partial charge in [-0.25, -0.2) is 18.2 Å². The van der Waals surface area contributed by atoms with Gasteiger partial charge in [0.15, 0.2) is 10.8 Å². The molecule has 1 fully saturated rings. The minimum Gasteiger partial charge on any atom is -0.477 e. The lowest BCUT2D eigenvalue weighted by Gasteiger charge is -2.37. The number of nitrogens with zero attached hydrogens (tertiary/aromatic N) is 2. The Morgan fingerprint density at radius 2 is 2.05 bits per heavy atom. The third-order valence-electron chi connectivity index (χ3n) is 5.84. The number of aromatic carboxylic acids is 1. The Morgan fingerprint density at radius 1 is 1.35 bits per heavy atom. The molecule has 204 valence electrons. The molecule has 12 nitrogen and oxygen atoms in total. The van der Waals surface area contributed by atoms with Gasteiger partial charge in [0.1, 0.15) is 20.4 Å². The summed E-state index contributed by atoms with van der Waals surface area (Å²) in [5.41, 5.74) is 1.71. The molecule has 1 saturated heterocycles. The van der Waals surface area contributed by atoms with Crippen molar-refractivity contribution in [2.24, 2.45) is 0 Å². The first-order chi connectivity index (χ1) is 17.4. The van der Waals surface area contributed by atoms with Crippen LogP contribution >= 0.6 is 45.5 Å². The van der Waals surface area contributed by atoms with Gasteiger partial charge in [0.2, 0.25) is 0 Å². The summed E-state index contributed by atoms with van der Waals surface area (Å²) in [6.07, 6.45) is 1.07. The first kappa shape index (κ1) is 29.6. The number of sulfone groups is 1. The molecule has 0 spiro atoms. The number of rotatable bonds is 10. The quantitative estimate of drug-likeness (QED) is 0.215. The number of hydrogen-bond donors (Lipinski definition) is 4. The van der Waals surface area contributed by atoms with Crippen LogP contribution in [0.4, 0.5) is 5.13 Å². The second kappa shape index (κ2) is 12.3. The van der Waals surface area contributed by atoms with Gasteiger partial charge in [0, 0.05) is 48.7 Å². The number of carbonyl (C=O) groups excluding carboxylic acids is 2. The molecule has 0 radical (unpaired) electrons. The van der Waals surface area contributed by atoms with Crippen molar-refractivity contribution >= 4 is 78.3 Å². The number of aromatic nitrogens is 2. The van der Waals surface area contributed by atoms with Crippen LogP contribution in [0.5, 0.6) is 0 Å². The van der Waals surface area contributed by atoms with Gasteiger partial charge >= 0.3 is 5.97 Å². The Morgan fingerprint density at radius 3 is 2.62 bits per heavy atom. The molecule has 16 heteroatoms. The molecular weight excluding hydrogens is 661 g/mol. The van der Waals surface area contributed by atoms with Crippen LogP contribution in [-0.4, -0.2) is 92.2 Å². The van der Waals surface area contributed by atoms with E-state index in [1.165, 1.54) is 7.11 Å². The monoisotopic (exact) mass is 687 g/mol. The standard InChI is InChI=1S/C21H27ClIN5O7S2/c1-10-11(8-23)14(22)15(25-10)19(30)26-12-4-6-28(9-13(12)35-2)21-27-16(17(36-21)20(31)32)18(29)24-5-7-37(3,33)34/h12-13,25H,4-9H2,1-3H3,(H,24,29)(H,26,30)(H,31,32)/t12?,13-/m0/s1. The first-order valence-corrected chi connectivity index (χ1v) is 15.9. The van der Waals surface area contributed by atoms with Crippen LogP contribution in [0, 0.1) is 6.92 Å². The van der Waals surface area contributed by atoms with Crippen molar-refractivity contribution in [2.45, 2.75) is 29.9 Å². The van der Waals surface area contributed by atoms with Gasteiger partial charge < -0.3 is 30.4 Å². The number of anilines is 1. The molecule has 3 heterocycles. The average Bonchev–Trinajstić information content (AvgIpc) is 3.39. The average molecular weight is 688 g/mol. The van der Waals surface area contributed by atoms with E-state index in [2.05, 4.69) is 43.2 Å². The van der Waals surface area contributed by atoms with Crippen LogP contribution in [0.2, 0.25) is 5.02 Å². The van der Waals surface area contributed by atoms with E-state index in [9.17, 15) is 27.9 Å². The number of thiazole rings is 1. The molecule has 0 aliphatic carbocycles. The molecule has 2 atom stereocenters. The SMILES string of the molecule is CO[C@H]1CN(c2nc(C(=O)NCCS(C)(=O)=O)c(C(=O)O)s2)CCC1NC(=O)c1[nH]c(C)c(CI)c1Cl. The fourth-order valence-corrected chi connectivity index (χ4v) is 6.79. The zero-order valence-electron chi connectivity index (χ0n) is 20.3. The highest BCUT2D eigenvalue weighted by atomic mass is 127. The van der Waals surface area contributed by atoms with E-state index in [0.717, 1.165) is 28.8 Å². The number of hydrogen-bond acceptors (Lipinski definition) is 9. The van der Waals surface area contributed by atoms with E-state index in [1.807, 2.05) is 6.92 Å². The molecule has 1 aliphatic rings. The van der Waals surface area contributed by atoms with Crippen LogP contribution in [0.15, 0.2) is 0 Å². The van der Waals surface area contributed by atoms with Crippen molar-refractivity contribution < 1.29 is 32.6 Å². The topological polar surface area (TPSA) is 171 Å². The Labute approximate surface area is 236 Å². The number of aromatic amines is 1.